The molecule has 2 heterocycles. The molecule has 9 heteroatoms. The number of anilines is 1. The van der Waals surface area contributed by atoms with Gasteiger partial charge in [0.05, 0.1) is 26.5 Å². The van der Waals surface area contributed by atoms with E-state index in [1.807, 2.05) is 48.5 Å². The van der Waals surface area contributed by atoms with Gasteiger partial charge in [-0.25, -0.2) is 4.39 Å². The maximum absolute atomic E-state index is 13.9. The Morgan fingerprint density at radius 1 is 1.03 bits per heavy atom. The summed E-state index contributed by atoms with van der Waals surface area (Å²) in [4.78, 5) is 29.1. The van der Waals surface area contributed by atoms with Gasteiger partial charge in [0.1, 0.15) is 28.5 Å². The third-order valence-electron chi connectivity index (χ3n) is 6.75. The molecule has 1 N–H and O–H groups in total. The average molecular weight is 515 g/mol. The lowest BCUT2D eigenvalue weighted by atomic mass is 9.93. The van der Waals surface area contributed by atoms with Crippen LogP contribution in [-0.4, -0.2) is 41.4 Å². The van der Waals surface area contributed by atoms with E-state index in [1.165, 1.54) is 29.2 Å². The number of nitrogens with one attached hydrogen (secondary N) is 1. The van der Waals surface area contributed by atoms with Crippen LogP contribution in [0.1, 0.15) is 23.0 Å². The van der Waals surface area contributed by atoms with Crippen LogP contribution in [0.15, 0.2) is 78.9 Å². The van der Waals surface area contributed by atoms with E-state index < -0.39 is 17.3 Å². The Morgan fingerprint density at radius 3 is 2.42 bits per heavy atom. The van der Waals surface area contributed by atoms with Gasteiger partial charge in [0.15, 0.2) is 0 Å². The van der Waals surface area contributed by atoms with Gasteiger partial charge in [0.2, 0.25) is 5.91 Å². The molecule has 194 valence electrons. The molecule has 0 bridgehead atoms. The van der Waals surface area contributed by atoms with Gasteiger partial charge in [-0.05, 0) is 67.6 Å². The van der Waals surface area contributed by atoms with E-state index in [9.17, 15) is 14.0 Å². The van der Waals surface area contributed by atoms with Crippen molar-refractivity contribution in [1.29, 1.82) is 0 Å². The first kappa shape index (κ1) is 25.0. The van der Waals surface area contributed by atoms with Crippen molar-refractivity contribution in [2.45, 2.75) is 25.6 Å². The van der Waals surface area contributed by atoms with E-state index in [1.54, 1.807) is 31.9 Å². The highest BCUT2D eigenvalue weighted by atomic mass is 19.1. The fourth-order valence-corrected chi connectivity index (χ4v) is 4.69. The van der Waals surface area contributed by atoms with Crippen molar-refractivity contribution >= 4 is 17.5 Å². The highest BCUT2D eigenvalue weighted by molar-refractivity contribution is 6.12. The maximum Gasteiger partial charge on any atom is 0.277 e. The van der Waals surface area contributed by atoms with Gasteiger partial charge in [0, 0.05) is 23.4 Å². The molecule has 0 radical (unpaired) electrons. The molecule has 0 saturated carbocycles. The lowest BCUT2D eigenvalue weighted by molar-refractivity contribution is -0.126. The van der Waals surface area contributed by atoms with Crippen molar-refractivity contribution in [2.75, 3.05) is 19.1 Å². The lowest BCUT2D eigenvalue weighted by Gasteiger charge is -2.43. The average Bonchev–Trinajstić information content (AvgIpc) is 3.37. The number of benzene rings is 3. The number of aromatic nitrogens is 2. The lowest BCUT2D eigenvalue weighted by Crippen LogP contribution is -2.64. The summed E-state index contributed by atoms with van der Waals surface area (Å²) in [5.41, 5.74) is 1.57. The van der Waals surface area contributed by atoms with Crippen LogP contribution in [0.25, 0.3) is 11.3 Å². The van der Waals surface area contributed by atoms with Crippen molar-refractivity contribution < 1.29 is 23.5 Å². The molecule has 1 aliphatic rings. The van der Waals surface area contributed by atoms with Crippen LogP contribution in [0.3, 0.4) is 0 Å². The molecule has 4 aromatic rings. The second kappa shape index (κ2) is 10.0. The van der Waals surface area contributed by atoms with Gasteiger partial charge in [-0.15, -0.1) is 0 Å². The Bertz CT molecular complexity index is 1480. The number of para-hydroxylation sites is 1. The Morgan fingerprint density at radius 2 is 1.74 bits per heavy atom. The summed E-state index contributed by atoms with van der Waals surface area (Å²) in [6, 6.07) is 22.0. The van der Waals surface area contributed by atoms with E-state index in [2.05, 4.69) is 10.4 Å². The number of hydrogen-bond acceptors (Lipinski definition) is 5. The summed E-state index contributed by atoms with van der Waals surface area (Å²) < 4.78 is 25.9. The molecule has 0 fully saturated rings. The molecule has 5 rings (SSSR count). The highest BCUT2D eigenvalue weighted by Gasteiger charge is 2.49. The largest absolute Gasteiger partial charge is 0.497 e. The molecule has 1 atom stereocenters. The Hall–Kier alpha value is -4.66. The Labute approximate surface area is 219 Å². The first-order valence-electron chi connectivity index (χ1n) is 12.1. The first-order chi connectivity index (χ1) is 18.3. The molecular formula is C29H27FN4O4. The Kier molecular flexibility index (Phi) is 6.59. The van der Waals surface area contributed by atoms with Crippen LogP contribution in [-0.2, 0) is 17.9 Å². The summed E-state index contributed by atoms with van der Waals surface area (Å²) in [7, 11) is 3.16. The quantitative estimate of drug-likeness (QED) is 0.394. The Balaban J connectivity index is 1.52. The molecule has 2 amide bonds. The summed E-state index contributed by atoms with van der Waals surface area (Å²) >= 11 is 0. The second-order valence-electron chi connectivity index (χ2n) is 9.19. The van der Waals surface area contributed by atoms with E-state index in [4.69, 9.17) is 9.47 Å². The van der Waals surface area contributed by atoms with Crippen LogP contribution in [0.5, 0.6) is 11.5 Å². The SMILES string of the molecule is COc1ccc(-c2cc3n(n2)CC(C)(C(=O)NCc2ccccc2OC)N(c2ccc(F)cc2)C3=O)cc1. The zero-order valence-electron chi connectivity index (χ0n) is 21.3. The number of ether oxygens (including phenoxy) is 2. The van der Waals surface area contributed by atoms with Crippen molar-refractivity contribution in [3.8, 4) is 22.8 Å². The molecular weight excluding hydrogens is 487 g/mol. The normalized spacial score (nSPS) is 16.6. The summed E-state index contributed by atoms with van der Waals surface area (Å²) in [5, 5.41) is 7.62. The fraction of sp³-hybridized carbons (Fsp3) is 0.207. The van der Waals surface area contributed by atoms with Crippen molar-refractivity contribution in [3.05, 3.63) is 95.9 Å². The maximum atomic E-state index is 13.9. The smallest absolute Gasteiger partial charge is 0.277 e. The molecule has 38 heavy (non-hydrogen) atoms. The van der Waals surface area contributed by atoms with Crippen molar-refractivity contribution in [1.82, 2.24) is 15.1 Å². The number of hydrogen-bond donors (Lipinski definition) is 1. The number of methoxy groups -OCH3 is 2. The van der Waals surface area contributed by atoms with Crippen LogP contribution >= 0.6 is 0 Å². The van der Waals surface area contributed by atoms with Gasteiger partial charge >= 0.3 is 0 Å². The molecule has 1 unspecified atom stereocenters. The van der Waals surface area contributed by atoms with E-state index in [0.29, 0.717) is 28.6 Å². The summed E-state index contributed by atoms with van der Waals surface area (Å²) in [5.74, 6) is 0.118. The van der Waals surface area contributed by atoms with Gasteiger partial charge in [0.25, 0.3) is 5.91 Å². The zero-order chi connectivity index (χ0) is 26.9. The number of nitrogens with zero attached hydrogens (tertiary/aromatic N) is 3. The van der Waals surface area contributed by atoms with E-state index in [-0.39, 0.29) is 19.0 Å². The minimum Gasteiger partial charge on any atom is -0.497 e. The molecule has 0 aliphatic carbocycles. The highest BCUT2D eigenvalue weighted by Crippen LogP contribution is 2.34. The first-order valence-corrected chi connectivity index (χ1v) is 12.1. The minimum atomic E-state index is -1.35. The van der Waals surface area contributed by atoms with Gasteiger partial charge < -0.3 is 14.8 Å². The van der Waals surface area contributed by atoms with Gasteiger partial charge in [-0.1, -0.05) is 18.2 Å². The topological polar surface area (TPSA) is 85.7 Å². The van der Waals surface area contributed by atoms with Crippen molar-refractivity contribution in [2.24, 2.45) is 0 Å². The number of rotatable bonds is 7. The number of amides is 2. The molecule has 8 nitrogen and oxygen atoms in total. The standard InChI is InChI=1S/C29H27FN4O4/c1-29(28(36)31-17-20-6-4-5-7-26(20)38-3)18-33-25(27(35)34(29)22-12-10-21(30)11-13-22)16-24(32-33)19-8-14-23(37-2)15-9-19/h4-16H,17-18H2,1-3H3,(H,31,36). The third kappa shape index (κ3) is 4.47. The molecule has 3 aromatic carbocycles. The van der Waals surface area contributed by atoms with Crippen LogP contribution in [0.4, 0.5) is 10.1 Å². The zero-order valence-corrected chi connectivity index (χ0v) is 21.3. The number of carbonyl (C=O) groups excluding carboxylic acids is 2. The predicted molar refractivity (Wildman–Crippen MR) is 141 cm³/mol. The molecule has 0 spiro atoms. The number of fused-ring (bicyclic) bond motifs is 1. The fourth-order valence-electron chi connectivity index (χ4n) is 4.69. The van der Waals surface area contributed by atoms with Crippen LogP contribution in [0, 0.1) is 5.82 Å². The summed E-state index contributed by atoms with van der Waals surface area (Å²) in [6.07, 6.45) is 0. The molecule has 1 aromatic heterocycles. The minimum absolute atomic E-state index is 0.0966. The van der Waals surface area contributed by atoms with Crippen molar-refractivity contribution in [3.63, 3.8) is 0 Å². The van der Waals surface area contributed by atoms with Crippen LogP contribution < -0.4 is 19.7 Å². The number of halogens is 1. The second-order valence-corrected chi connectivity index (χ2v) is 9.19. The van der Waals surface area contributed by atoms with E-state index in [0.717, 1.165) is 11.1 Å². The van der Waals surface area contributed by atoms with Gasteiger partial charge in [-0.2, -0.15) is 5.10 Å². The van der Waals surface area contributed by atoms with Gasteiger partial charge in [-0.3, -0.25) is 19.2 Å². The molecule has 1 aliphatic heterocycles. The summed E-state index contributed by atoms with van der Waals surface area (Å²) in [6.45, 7) is 1.98. The monoisotopic (exact) mass is 514 g/mol. The van der Waals surface area contributed by atoms with Crippen LogP contribution in [0.2, 0.25) is 0 Å². The third-order valence-corrected chi connectivity index (χ3v) is 6.75. The van der Waals surface area contributed by atoms with E-state index >= 15 is 0 Å². The molecule has 0 saturated heterocycles. The predicted octanol–water partition coefficient (Wildman–Crippen LogP) is 4.44. The number of carbonyl (C=O) groups is 2.